The number of nitrogens with one attached hydrogen (secondary N) is 1. The van der Waals surface area contributed by atoms with Crippen LogP contribution in [0.15, 0.2) is 18.2 Å². The number of amides is 1. The van der Waals surface area contributed by atoms with Crippen LogP contribution >= 0.6 is 0 Å². The zero-order valence-electron chi connectivity index (χ0n) is 11.3. The van der Waals surface area contributed by atoms with Crippen LogP contribution in [0.1, 0.15) is 31.1 Å². The first kappa shape index (κ1) is 15.1. The Kier molecular flexibility index (Phi) is 5.48. The van der Waals surface area contributed by atoms with Crippen molar-refractivity contribution in [3.8, 4) is 5.75 Å². The van der Waals surface area contributed by atoms with Gasteiger partial charge in [0.1, 0.15) is 17.9 Å². The van der Waals surface area contributed by atoms with Crippen LogP contribution in [0.5, 0.6) is 5.75 Å². The Labute approximate surface area is 112 Å². The second-order valence-electron chi connectivity index (χ2n) is 4.73. The van der Waals surface area contributed by atoms with Crippen molar-refractivity contribution >= 4 is 12.2 Å². The summed E-state index contributed by atoms with van der Waals surface area (Å²) in [6.07, 6.45) is 0.525. The van der Waals surface area contributed by atoms with Gasteiger partial charge in [-0.05, 0) is 25.0 Å². The summed E-state index contributed by atoms with van der Waals surface area (Å²) in [6.45, 7) is 5.68. The number of benzene rings is 1. The SMILES string of the molecule is CC(C)C(C)NC(=O)COc1cc(F)cc(C=O)c1. The van der Waals surface area contributed by atoms with Crippen LogP contribution < -0.4 is 10.1 Å². The van der Waals surface area contributed by atoms with Crippen LogP contribution in [0.25, 0.3) is 0 Å². The Bertz CT molecular complexity index is 460. The highest BCUT2D eigenvalue weighted by Gasteiger charge is 2.11. The number of aldehydes is 1. The van der Waals surface area contributed by atoms with Gasteiger partial charge in [0.05, 0.1) is 0 Å². The smallest absolute Gasteiger partial charge is 0.258 e. The molecule has 1 N–H and O–H groups in total. The van der Waals surface area contributed by atoms with Crippen LogP contribution in [0.4, 0.5) is 4.39 Å². The maximum Gasteiger partial charge on any atom is 0.258 e. The summed E-state index contributed by atoms with van der Waals surface area (Å²) in [6, 6.07) is 3.65. The molecule has 1 amide bonds. The van der Waals surface area contributed by atoms with Crippen LogP contribution in [-0.2, 0) is 4.79 Å². The summed E-state index contributed by atoms with van der Waals surface area (Å²) in [4.78, 5) is 22.1. The molecule has 0 saturated carbocycles. The molecule has 0 radical (unpaired) electrons. The van der Waals surface area contributed by atoms with Gasteiger partial charge in [0.25, 0.3) is 5.91 Å². The average Bonchev–Trinajstić information content (AvgIpc) is 2.35. The monoisotopic (exact) mass is 267 g/mol. The van der Waals surface area contributed by atoms with Crippen molar-refractivity contribution in [2.24, 2.45) is 5.92 Å². The number of rotatable bonds is 6. The molecular formula is C14H18FNO3. The standard InChI is InChI=1S/C14H18FNO3/c1-9(2)10(3)16-14(18)8-19-13-5-11(7-17)4-12(15)6-13/h4-7,9-10H,8H2,1-3H3,(H,16,18). The molecule has 0 saturated heterocycles. The van der Waals surface area contributed by atoms with E-state index in [1.54, 1.807) is 0 Å². The van der Waals surface area contributed by atoms with Crippen molar-refractivity contribution in [2.75, 3.05) is 6.61 Å². The van der Waals surface area contributed by atoms with E-state index in [0.717, 1.165) is 12.1 Å². The predicted molar refractivity (Wildman–Crippen MR) is 69.7 cm³/mol. The van der Waals surface area contributed by atoms with Gasteiger partial charge in [-0.2, -0.15) is 0 Å². The molecule has 0 aliphatic rings. The average molecular weight is 267 g/mol. The van der Waals surface area contributed by atoms with E-state index in [9.17, 15) is 14.0 Å². The molecule has 19 heavy (non-hydrogen) atoms. The zero-order chi connectivity index (χ0) is 14.4. The van der Waals surface area contributed by atoms with Crippen LogP contribution in [0, 0.1) is 11.7 Å². The number of hydrogen-bond donors (Lipinski definition) is 1. The minimum atomic E-state index is -0.574. The van der Waals surface area contributed by atoms with Gasteiger partial charge < -0.3 is 10.1 Å². The van der Waals surface area contributed by atoms with Crippen molar-refractivity contribution in [3.63, 3.8) is 0 Å². The lowest BCUT2D eigenvalue weighted by atomic mass is 10.1. The zero-order valence-corrected chi connectivity index (χ0v) is 11.3. The first-order valence-electron chi connectivity index (χ1n) is 6.10. The van der Waals surface area contributed by atoms with E-state index in [0.29, 0.717) is 12.2 Å². The van der Waals surface area contributed by atoms with E-state index in [1.165, 1.54) is 6.07 Å². The van der Waals surface area contributed by atoms with Gasteiger partial charge in [-0.15, -0.1) is 0 Å². The maximum absolute atomic E-state index is 13.1. The van der Waals surface area contributed by atoms with Crippen molar-refractivity contribution in [1.29, 1.82) is 0 Å². The number of carbonyl (C=O) groups excluding carboxylic acids is 2. The van der Waals surface area contributed by atoms with Gasteiger partial charge >= 0.3 is 0 Å². The molecular weight excluding hydrogens is 249 g/mol. The lowest BCUT2D eigenvalue weighted by molar-refractivity contribution is -0.124. The summed E-state index contributed by atoms with van der Waals surface area (Å²) in [5.41, 5.74) is 0.172. The molecule has 0 heterocycles. The second kappa shape index (κ2) is 6.87. The van der Waals surface area contributed by atoms with E-state index in [4.69, 9.17) is 4.74 Å². The molecule has 104 valence electrons. The van der Waals surface area contributed by atoms with E-state index in [-0.39, 0.29) is 29.9 Å². The molecule has 1 atom stereocenters. The summed E-state index contributed by atoms with van der Waals surface area (Å²) in [5.74, 6) is -0.372. The van der Waals surface area contributed by atoms with E-state index in [1.807, 2.05) is 20.8 Å². The van der Waals surface area contributed by atoms with Gasteiger partial charge in [0, 0.05) is 17.7 Å². The van der Waals surface area contributed by atoms with E-state index in [2.05, 4.69) is 5.32 Å². The highest BCUT2D eigenvalue weighted by atomic mass is 19.1. The third kappa shape index (κ3) is 5.07. The molecule has 0 spiro atoms. The maximum atomic E-state index is 13.1. The van der Waals surface area contributed by atoms with Gasteiger partial charge in [0.2, 0.25) is 0 Å². The minimum absolute atomic E-state index is 0.0362. The summed E-state index contributed by atoms with van der Waals surface area (Å²) >= 11 is 0. The molecule has 1 unspecified atom stereocenters. The molecule has 1 aromatic rings. The van der Waals surface area contributed by atoms with Gasteiger partial charge in [-0.1, -0.05) is 13.8 Å². The second-order valence-corrected chi connectivity index (χ2v) is 4.73. The fraction of sp³-hybridized carbons (Fsp3) is 0.429. The van der Waals surface area contributed by atoms with E-state index >= 15 is 0 Å². The quantitative estimate of drug-likeness (QED) is 0.804. The number of carbonyl (C=O) groups is 2. The molecule has 1 rings (SSSR count). The predicted octanol–water partition coefficient (Wildman–Crippen LogP) is 2.18. The highest BCUT2D eigenvalue weighted by molar-refractivity contribution is 5.78. The van der Waals surface area contributed by atoms with Crippen molar-refractivity contribution < 1.29 is 18.7 Å². The Morgan fingerprint density at radius 2 is 2.05 bits per heavy atom. The summed E-state index contributed by atoms with van der Waals surface area (Å²) < 4.78 is 18.3. The topological polar surface area (TPSA) is 55.4 Å². The highest BCUT2D eigenvalue weighted by Crippen LogP contribution is 2.15. The number of halogens is 1. The minimum Gasteiger partial charge on any atom is -0.484 e. The molecule has 0 aliphatic carbocycles. The fourth-order valence-electron chi connectivity index (χ4n) is 1.35. The van der Waals surface area contributed by atoms with E-state index < -0.39 is 5.82 Å². The van der Waals surface area contributed by atoms with Gasteiger partial charge in [-0.25, -0.2) is 4.39 Å². The molecule has 0 aliphatic heterocycles. The normalized spacial score (nSPS) is 12.1. The molecule has 4 nitrogen and oxygen atoms in total. The molecule has 0 bridgehead atoms. The Balaban J connectivity index is 2.55. The molecule has 0 fully saturated rings. The third-order valence-electron chi connectivity index (χ3n) is 2.79. The third-order valence-corrected chi connectivity index (χ3v) is 2.79. The number of hydrogen-bond acceptors (Lipinski definition) is 3. The fourth-order valence-corrected chi connectivity index (χ4v) is 1.35. The first-order valence-corrected chi connectivity index (χ1v) is 6.10. The number of ether oxygens (including phenoxy) is 1. The lowest BCUT2D eigenvalue weighted by Gasteiger charge is -2.17. The van der Waals surface area contributed by atoms with Crippen LogP contribution in [0.2, 0.25) is 0 Å². The summed E-state index contributed by atoms with van der Waals surface area (Å²) in [5, 5.41) is 2.77. The Morgan fingerprint density at radius 1 is 1.37 bits per heavy atom. The summed E-state index contributed by atoms with van der Waals surface area (Å²) in [7, 11) is 0. The van der Waals surface area contributed by atoms with Crippen molar-refractivity contribution in [2.45, 2.75) is 26.8 Å². The van der Waals surface area contributed by atoms with Crippen LogP contribution in [-0.4, -0.2) is 24.8 Å². The molecule has 1 aromatic carbocycles. The molecule has 0 aromatic heterocycles. The Morgan fingerprint density at radius 3 is 2.63 bits per heavy atom. The largest absolute Gasteiger partial charge is 0.484 e. The van der Waals surface area contributed by atoms with Gasteiger partial charge in [-0.3, -0.25) is 9.59 Å². The molecule has 5 heteroatoms. The van der Waals surface area contributed by atoms with Crippen molar-refractivity contribution in [1.82, 2.24) is 5.32 Å². The van der Waals surface area contributed by atoms with Crippen LogP contribution in [0.3, 0.4) is 0 Å². The Hall–Kier alpha value is -1.91. The van der Waals surface area contributed by atoms with Crippen molar-refractivity contribution in [3.05, 3.63) is 29.6 Å². The first-order chi connectivity index (χ1) is 8.92. The van der Waals surface area contributed by atoms with Gasteiger partial charge in [0.15, 0.2) is 6.61 Å². The lowest BCUT2D eigenvalue weighted by Crippen LogP contribution is -2.38.